The molecule has 2 aromatic carbocycles. The van der Waals surface area contributed by atoms with Gasteiger partial charge < -0.3 is 24.2 Å². The molecule has 2 aliphatic carbocycles. The monoisotopic (exact) mass is 695 g/mol. The van der Waals surface area contributed by atoms with Crippen LogP contribution in [0.15, 0.2) is 60.0 Å². The number of anilines is 1. The highest BCUT2D eigenvalue weighted by molar-refractivity contribution is 7.91. The molecule has 2 unspecified atom stereocenters. The van der Waals surface area contributed by atoms with Crippen LogP contribution in [0.25, 0.3) is 0 Å². The van der Waals surface area contributed by atoms with Crippen molar-refractivity contribution in [2.45, 2.75) is 79.9 Å². The molecule has 3 aromatic rings. The highest BCUT2D eigenvalue weighted by Gasteiger charge is 2.45. The second-order valence-corrected chi connectivity index (χ2v) is 16.6. The first-order chi connectivity index (χ1) is 23.1. The van der Waals surface area contributed by atoms with Crippen molar-refractivity contribution >= 4 is 33.1 Å². The third-order valence-corrected chi connectivity index (χ3v) is 13.0. The van der Waals surface area contributed by atoms with E-state index in [1.165, 1.54) is 23.5 Å². The maximum Gasteiger partial charge on any atom is 0.335 e. The number of ether oxygens (including phenoxy) is 3. The molecule has 6 atom stereocenters. The number of fused-ring (bicyclic) bond motifs is 3. The highest BCUT2D eigenvalue weighted by Crippen LogP contribution is 2.47. The van der Waals surface area contributed by atoms with Crippen LogP contribution in [-0.2, 0) is 31.1 Å². The van der Waals surface area contributed by atoms with Crippen LogP contribution in [0.2, 0.25) is 5.02 Å². The minimum atomic E-state index is -3.69. The van der Waals surface area contributed by atoms with Crippen molar-refractivity contribution in [3.05, 3.63) is 76.6 Å². The lowest BCUT2D eigenvalue weighted by atomic mass is 9.67. The second kappa shape index (κ2) is 13.6. The summed E-state index contributed by atoms with van der Waals surface area (Å²) in [6, 6.07) is 13.0. The molecule has 7 rings (SSSR count). The van der Waals surface area contributed by atoms with Crippen LogP contribution >= 0.6 is 11.6 Å². The fourth-order valence-corrected chi connectivity index (χ4v) is 9.29. The van der Waals surface area contributed by atoms with E-state index in [2.05, 4.69) is 27.0 Å². The number of aryl methyl sites for hydroxylation is 1. The van der Waals surface area contributed by atoms with E-state index in [4.69, 9.17) is 25.8 Å². The number of benzene rings is 2. The average molecular weight is 696 g/mol. The number of hydrogen-bond acceptors (Lipinski definition) is 9. The summed E-state index contributed by atoms with van der Waals surface area (Å²) in [4.78, 5) is 22.3. The number of aromatic nitrogens is 2. The van der Waals surface area contributed by atoms with Crippen molar-refractivity contribution in [1.82, 2.24) is 9.97 Å². The molecule has 1 saturated heterocycles. The molecule has 0 bridgehead atoms. The molecule has 0 radical (unpaired) electrons. The summed E-state index contributed by atoms with van der Waals surface area (Å²) in [5, 5.41) is 9.64. The van der Waals surface area contributed by atoms with Crippen molar-refractivity contribution in [2.75, 3.05) is 37.8 Å². The second-order valence-electron chi connectivity index (χ2n) is 13.9. The standard InChI is InChI=1S/C36H42ClN3O7S/c1-23(48(43,44)35-38-13-3-14-39-35)20-46-28-11-15-45-33(18-28)29-8-5-26(29)19-40-21-36(12-2-4-24-16-27(37)7-9-30(24)36)22-47-32-10-6-25(34(41)42)17-31(32)40/h3,6-7,9-10,13-14,16-17,23,26,28-29,33H,2,4-5,8,11-12,15,18-22H2,1H3,(H,41,42)/t23?,26-,28+,29+,33+,36?/m0/s1. The Labute approximate surface area is 286 Å². The minimum Gasteiger partial charge on any atom is -0.490 e. The number of hydrogen-bond donors (Lipinski definition) is 1. The van der Waals surface area contributed by atoms with E-state index in [0.29, 0.717) is 43.6 Å². The molecule has 1 spiro atoms. The quantitative estimate of drug-likeness (QED) is 0.276. The molecule has 48 heavy (non-hydrogen) atoms. The SMILES string of the molecule is CC(CO[C@@H]1CCO[C@@H]([C@@H]2CC[C@H]2CN2CC3(CCCc4cc(Cl)ccc43)COc3ccc(C(=O)O)cc32)C1)S(=O)(=O)c1ncccn1. The van der Waals surface area contributed by atoms with Gasteiger partial charge in [0.15, 0.2) is 0 Å². The van der Waals surface area contributed by atoms with E-state index < -0.39 is 21.1 Å². The molecule has 1 aromatic heterocycles. The van der Waals surface area contributed by atoms with Crippen molar-refractivity contribution in [3.8, 4) is 5.75 Å². The van der Waals surface area contributed by atoms with Crippen molar-refractivity contribution < 1.29 is 32.5 Å². The van der Waals surface area contributed by atoms with E-state index in [0.717, 1.165) is 55.9 Å². The number of nitrogens with zero attached hydrogens (tertiary/aromatic N) is 3. The molecule has 1 saturated carbocycles. The fourth-order valence-electron chi connectivity index (χ4n) is 8.06. The zero-order valence-electron chi connectivity index (χ0n) is 27.1. The number of sulfone groups is 1. The first-order valence-electron chi connectivity index (χ1n) is 16.9. The van der Waals surface area contributed by atoms with Crippen LogP contribution < -0.4 is 9.64 Å². The van der Waals surface area contributed by atoms with Crippen LogP contribution in [0.3, 0.4) is 0 Å². The van der Waals surface area contributed by atoms with E-state index in [1.807, 2.05) is 6.07 Å². The van der Waals surface area contributed by atoms with Gasteiger partial charge in [0.2, 0.25) is 15.0 Å². The van der Waals surface area contributed by atoms with Gasteiger partial charge in [0.25, 0.3) is 0 Å². The Hall–Kier alpha value is -3.25. The van der Waals surface area contributed by atoms with Gasteiger partial charge in [-0.05, 0) is 105 Å². The van der Waals surface area contributed by atoms with Gasteiger partial charge in [-0.15, -0.1) is 0 Å². The maximum absolute atomic E-state index is 12.9. The Morgan fingerprint density at radius 2 is 2.00 bits per heavy atom. The number of halogens is 1. The first kappa shape index (κ1) is 33.3. The number of carboxylic acids is 1. The van der Waals surface area contributed by atoms with Gasteiger partial charge in [0.05, 0.1) is 41.9 Å². The lowest BCUT2D eigenvalue weighted by molar-refractivity contribution is -0.116. The summed E-state index contributed by atoms with van der Waals surface area (Å²) in [6.07, 6.45) is 9.25. The Bertz CT molecular complexity index is 1760. The number of aromatic carboxylic acids is 1. The van der Waals surface area contributed by atoms with Crippen LogP contribution in [0, 0.1) is 11.8 Å². The molecule has 2 aliphatic heterocycles. The maximum atomic E-state index is 12.9. The molecular weight excluding hydrogens is 654 g/mol. The topological polar surface area (TPSA) is 128 Å². The van der Waals surface area contributed by atoms with E-state index >= 15 is 0 Å². The molecular formula is C36H42ClN3O7S. The molecule has 10 nitrogen and oxygen atoms in total. The van der Waals surface area contributed by atoms with Crippen LogP contribution in [0.1, 0.15) is 66.9 Å². The van der Waals surface area contributed by atoms with Gasteiger partial charge in [0, 0.05) is 48.9 Å². The van der Waals surface area contributed by atoms with Gasteiger partial charge in [-0.25, -0.2) is 23.2 Å². The summed E-state index contributed by atoms with van der Waals surface area (Å²) in [7, 11) is -3.69. The normalized spacial score (nSPS) is 27.6. The first-order valence-corrected chi connectivity index (χ1v) is 18.8. The smallest absolute Gasteiger partial charge is 0.335 e. The summed E-state index contributed by atoms with van der Waals surface area (Å²) < 4.78 is 45.0. The lowest BCUT2D eigenvalue weighted by Gasteiger charge is -2.47. The van der Waals surface area contributed by atoms with Gasteiger partial charge in [0.1, 0.15) is 5.75 Å². The van der Waals surface area contributed by atoms with Gasteiger partial charge in [-0.3, -0.25) is 0 Å². The van der Waals surface area contributed by atoms with Crippen molar-refractivity contribution in [2.24, 2.45) is 11.8 Å². The Morgan fingerprint density at radius 3 is 2.77 bits per heavy atom. The molecule has 3 heterocycles. The molecule has 0 amide bonds. The number of carboxylic acid groups (broad SMARTS) is 1. The van der Waals surface area contributed by atoms with E-state index in [9.17, 15) is 18.3 Å². The predicted octanol–water partition coefficient (Wildman–Crippen LogP) is 5.75. The Kier molecular flexibility index (Phi) is 9.40. The predicted molar refractivity (Wildman–Crippen MR) is 181 cm³/mol. The molecule has 1 N–H and O–H groups in total. The molecule has 12 heteroatoms. The Morgan fingerprint density at radius 1 is 1.17 bits per heavy atom. The van der Waals surface area contributed by atoms with Crippen LogP contribution in [-0.4, -0.2) is 79.8 Å². The van der Waals surface area contributed by atoms with Crippen molar-refractivity contribution in [1.29, 1.82) is 0 Å². The summed E-state index contributed by atoms with van der Waals surface area (Å²) >= 11 is 6.41. The largest absolute Gasteiger partial charge is 0.490 e. The van der Waals surface area contributed by atoms with Crippen molar-refractivity contribution in [3.63, 3.8) is 0 Å². The van der Waals surface area contributed by atoms with Gasteiger partial charge in [-0.2, -0.15) is 0 Å². The summed E-state index contributed by atoms with van der Waals surface area (Å²) in [6.45, 7) is 4.25. The summed E-state index contributed by atoms with van der Waals surface area (Å²) in [5.74, 6) is 0.407. The van der Waals surface area contributed by atoms with E-state index in [-0.39, 0.29) is 34.9 Å². The highest BCUT2D eigenvalue weighted by atomic mass is 35.5. The number of rotatable bonds is 9. The third kappa shape index (κ3) is 6.54. The van der Waals surface area contributed by atoms with Gasteiger partial charge >= 0.3 is 5.97 Å². The van der Waals surface area contributed by atoms with Gasteiger partial charge in [-0.1, -0.05) is 17.7 Å². The number of carbonyl (C=O) groups is 1. The fraction of sp³-hybridized carbons (Fsp3) is 0.528. The minimum absolute atomic E-state index is 0.00595. The zero-order chi connectivity index (χ0) is 33.5. The molecule has 256 valence electrons. The van der Waals surface area contributed by atoms with Crippen LogP contribution in [0.5, 0.6) is 5.75 Å². The summed E-state index contributed by atoms with van der Waals surface area (Å²) in [5.41, 5.74) is 3.34. The average Bonchev–Trinajstić information content (AvgIpc) is 3.22. The Balaban J connectivity index is 1.07. The van der Waals surface area contributed by atoms with Crippen LogP contribution in [0.4, 0.5) is 5.69 Å². The molecule has 4 aliphatic rings. The third-order valence-electron chi connectivity index (χ3n) is 10.9. The zero-order valence-corrected chi connectivity index (χ0v) is 28.7. The lowest BCUT2D eigenvalue weighted by Crippen LogP contribution is -2.51. The van der Waals surface area contributed by atoms with E-state index in [1.54, 1.807) is 31.2 Å². The molecule has 2 fully saturated rings.